The standard InChI is InChI=1S/C29H36N6O/c1-5-34(6-2)27-17-9-23(10-18-27)21-30-32-26-15-13-25(14-16-26)29(36)33-31-22-24-11-19-28(20-12-24)35(7-3)8-4/h9-22,32H,5-8H2,1-4H3,(H,33,36)/b30-21-,31-22-. The summed E-state index contributed by atoms with van der Waals surface area (Å²) < 4.78 is 0. The Morgan fingerprint density at radius 3 is 1.56 bits per heavy atom. The van der Waals surface area contributed by atoms with Crippen LogP contribution in [0.15, 0.2) is 83.0 Å². The Labute approximate surface area is 214 Å². The van der Waals surface area contributed by atoms with Gasteiger partial charge in [-0.25, -0.2) is 5.43 Å². The molecule has 3 aromatic rings. The predicted octanol–water partition coefficient (Wildman–Crippen LogP) is 5.59. The van der Waals surface area contributed by atoms with Crippen LogP contribution >= 0.6 is 0 Å². The van der Waals surface area contributed by atoms with Gasteiger partial charge in [0.1, 0.15) is 0 Å². The molecule has 7 heteroatoms. The van der Waals surface area contributed by atoms with Crippen LogP contribution in [0, 0.1) is 0 Å². The number of amides is 1. The van der Waals surface area contributed by atoms with Crippen LogP contribution in [0.25, 0.3) is 0 Å². The summed E-state index contributed by atoms with van der Waals surface area (Å²) in [6.07, 6.45) is 3.42. The van der Waals surface area contributed by atoms with Gasteiger partial charge in [-0.2, -0.15) is 10.2 Å². The van der Waals surface area contributed by atoms with Crippen molar-refractivity contribution in [1.82, 2.24) is 5.43 Å². The Kier molecular flexibility index (Phi) is 10.1. The van der Waals surface area contributed by atoms with Gasteiger partial charge < -0.3 is 9.80 Å². The molecule has 0 fully saturated rings. The molecule has 188 valence electrons. The third-order valence-electron chi connectivity index (χ3n) is 5.98. The van der Waals surface area contributed by atoms with Crippen LogP contribution in [-0.2, 0) is 0 Å². The summed E-state index contributed by atoms with van der Waals surface area (Å²) >= 11 is 0. The monoisotopic (exact) mass is 484 g/mol. The van der Waals surface area contributed by atoms with E-state index in [1.165, 1.54) is 11.4 Å². The number of nitrogens with zero attached hydrogens (tertiary/aromatic N) is 4. The van der Waals surface area contributed by atoms with Gasteiger partial charge in [0.15, 0.2) is 0 Å². The van der Waals surface area contributed by atoms with Crippen molar-refractivity contribution in [3.05, 3.63) is 89.5 Å². The minimum atomic E-state index is -0.269. The fourth-order valence-corrected chi connectivity index (χ4v) is 3.83. The zero-order valence-electron chi connectivity index (χ0n) is 21.6. The molecule has 1 amide bonds. The Morgan fingerprint density at radius 1 is 0.667 bits per heavy atom. The molecule has 0 aliphatic heterocycles. The average Bonchev–Trinajstić information content (AvgIpc) is 2.92. The molecule has 0 aromatic heterocycles. The van der Waals surface area contributed by atoms with Crippen molar-refractivity contribution in [1.29, 1.82) is 0 Å². The first kappa shape index (κ1) is 26.5. The maximum Gasteiger partial charge on any atom is 0.271 e. The summed E-state index contributed by atoms with van der Waals surface area (Å²) in [7, 11) is 0. The minimum absolute atomic E-state index is 0.269. The van der Waals surface area contributed by atoms with Crippen LogP contribution in [0.3, 0.4) is 0 Å². The summed E-state index contributed by atoms with van der Waals surface area (Å²) in [6, 6.07) is 23.5. The van der Waals surface area contributed by atoms with Gasteiger partial charge in [-0.1, -0.05) is 24.3 Å². The molecule has 36 heavy (non-hydrogen) atoms. The van der Waals surface area contributed by atoms with E-state index in [4.69, 9.17) is 0 Å². The Bertz CT molecular complexity index is 1130. The summed E-state index contributed by atoms with van der Waals surface area (Å²) in [6.45, 7) is 12.5. The molecule has 7 nitrogen and oxygen atoms in total. The van der Waals surface area contributed by atoms with E-state index in [2.05, 4.69) is 82.8 Å². The maximum atomic E-state index is 12.4. The van der Waals surface area contributed by atoms with Crippen molar-refractivity contribution in [3.8, 4) is 0 Å². The predicted molar refractivity (Wildman–Crippen MR) is 153 cm³/mol. The first-order chi connectivity index (χ1) is 17.6. The Morgan fingerprint density at radius 2 is 1.11 bits per heavy atom. The highest BCUT2D eigenvalue weighted by atomic mass is 16.2. The maximum absolute atomic E-state index is 12.4. The molecule has 0 unspecified atom stereocenters. The van der Waals surface area contributed by atoms with E-state index in [1.54, 1.807) is 24.6 Å². The molecule has 0 saturated heterocycles. The minimum Gasteiger partial charge on any atom is -0.372 e. The molecule has 0 bridgehead atoms. The van der Waals surface area contributed by atoms with Gasteiger partial charge in [0.05, 0.1) is 18.1 Å². The molecule has 3 aromatic carbocycles. The molecule has 0 saturated carbocycles. The number of hydrogen-bond acceptors (Lipinski definition) is 6. The fourth-order valence-electron chi connectivity index (χ4n) is 3.83. The fraction of sp³-hybridized carbons (Fsp3) is 0.276. The molecule has 0 spiro atoms. The quantitative estimate of drug-likeness (QED) is 0.260. The number of nitrogens with one attached hydrogen (secondary N) is 2. The number of hydrazone groups is 2. The average molecular weight is 485 g/mol. The zero-order chi connectivity index (χ0) is 25.8. The van der Waals surface area contributed by atoms with Gasteiger partial charge in [0, 0.05) is 43.1 Å². The van der Waals surface area contributed by atoms with Crippen molar-refractivity contribution >= 4 is 35.4 Å². The molecule has 0 aliphatic rings. The number of benzene rings is 3. The Hall–Kier alpha value is -4.13. The van der Waals surface area contributed by atoms with Crippen LogP contribution in [0.2, 0.25) is 0 Å². The van der Waals surface area contributed by atoms with Crippen molar-refractivity contribution in [2.45, 2.75) is 27.7 Å². The highest BCUT2D eigenvalue weighted by Crippen LogP contribution is 2.15. The second kappa shape index (κ2) is 13.7. The highest BCUT2D eigenvalue weighted by molar-refractivity contribution is 5.95. The molecule has 0 aliphatic carbocycles. The van der Waals surface area contributed by atoms with Crippen molar-refractivity contribution < 1.29 is 4.79 Å². The molecular weight excluding hydrogens is 448 g/mol. The van der Waals surface area contributed by atoms with Crippen LogP contribution in [-0.4, -0.2) is 44.5 Å². The number of carbonyl (C=O) groups is 1. The van der Waals surface area contributed by atoms with E-state index in [0.29, 0.717) is 5.56 Å². The number of rotatable bonds is 12. The number of hydrogen-bond donors (Lipinski definition) is 2. The lowest BCUT2D eigenvalue weighted by Crippen LogP contribution is -2.21. The van der Waals surface area contributed by atoms with Crippen LogP contribution in [0.5, 0.6) is 0 Å². The van der Waals surface area contributed by atoms with Crippen LogP contribution < -0.4 is 20.7 Å². The van der Waals surface area contributed by atoms with Crippen molar-refractivity contribution in [2.24, 2.45) is 10.2 Å². The van der Waals surface area contributed by atoms with E-state index in [0.717, 1.165) is 43.0 Å². The normalized spacial score (nSPS) is 11.1. The molecule has 3 rings (SSSR count). The first-order valence-corrected chi connectivity index (χ1v) is 12.5. The molecule has 2 N–H and O–H groups in total. The lowest BCUT2D eigenvalue weighted by molar-refractivity contribution is 0.0955. The van der Waals surface area contributed by atoms with Gasteiger partial charge >= 0.3 is 0 Å². The number of carbonyl (C=O) groups excluding carboxylic acids is 1. The third-order valence-corrected chi connectivity index (χ3v) is 5.98. The molecule has 0 radical (unpaired) electrons. The smallest absolute Gasteiger partial charge is 0.271 e. The molecule has 0 atom stereocenters. The van der Waals surface area contributed by atoms with E-state index < -0.39 is 0 Å². The van der Waals surface area contributed by atoms with Gasteiger partial charge in [0.25, 0.3) is 5.91 Å². The number of anilines is 3. The highest BCUT2D eigenvalue weighted by Gasteiger charge is 2.05. The SMILES string of the molecule is CCN(CC)c1ccc(/C=N\NC(=O)c2ccc(N/N=C\c3ccc(N(CC)CC)cc3)cc2)cc1. The topological polar surface area (TPSA) is 72.3 Å². The van der Waals surface area contributed by atoms with E-state index in [-0.39, 0.29) is 5.91 Å². The second-order valence-electron chi connectivity index (χ2n) is 8.17. The molecular formula is C29H36N6O. The van der Waals surface area contributed by atoms with Gasteiger partial charge in [-0.3, -0.25) is 10.2 Å². The van der Waals surface area contributed by atoms with E-state index in [1.807, 2.05) is 36.4 Å². The summed E-state index contributed by atoms with van der Waals surface area (Å²) in [5.74, 6) is -0.269. The second-order valence-corrected chi connectivity index (χ2v) is 8.17. The summed E-state index contributed by atoms with van der Waals surface area (Å²) in [4.78, 5) is 17.0. The summed E-state index contributed by atoms with van der Waals surface area (Å²) in [5.41, 5.74) is 11.2. The summed E-state index contributed by atoms with van der Waals surface area (Å²) in [5, 5.41) is 8.38. The van der Waals surface area contributed by atoms with Gasteiger partial charge in [0.2, 0.25) is 0 Å². The first-order valence-electron chi connectivity index (χ1n) is 12.5. The zero-order valence-corrected chi connectivity index (χ0v) is 21.6. The Balaban J connectivity index is 1.49. The largest absolute Gasteiger partial charge is 0.372 e. The van der Waals surface area contributed by atoms with Gasteiger partial charge in [-0.05, 0) is 87.4 Å². The van der Waals surface area contributed by atoms with Gasteiger partial charge in [-0.15, -0.1) is 0 Å². The van der Waals surface area contributed by atoms with Crippen molar-refractivity contribution in [2.75, 3.05) is 41.4 Å². The third kappa shape index (κ3) is 7.43. The van der Waals surface area contributed by atoms with Crippen molar-refractivity contribution in [3.63, 3.8) is 0 Å². The van der Waals surface area contributed by atoms with E-state index in [9.17, 15) is 4.79 Å². The van der Waals surface area contributed by atoms with Crippen LogP contribution in [0.1, 0.15) is 49.2 Å². The van der Waals surface area contributed by atoms with E-state index >= 15 is 0 Å². The lowest BCUT2D eigenvalue weighted by Gasteiger charge is -2.20. The lowest BCUT2D eigenvalue weighted by atomic mass is 10.2. The van der Waals surface area contributed by atoms with Crippen LogP contribution in [0.4, 0.5) is 17.1 Å². The molecule has 0 heterocycles.